The number of rotatable bonds is 7. The molecule has 0 saturated carbocycles. The fourth-order valence-corrected chi connectivity index (χ4v) is 3.36. The van der Waals surface area contributed by atoms with Crippen molar-refractivity contribution >= 4 is 22.6 Å². The van der Waals surface area contributed by atoms with E-state index in [1.54, 1.807) is 0 Å². The molecule has 0 unspecified atom stereocenters. The summed E-state index contributed by atoms with van der Waals surface area (Å²) < 4.78 is 2.31. The van der Waals surface area contributed by atoms with Crippen molar-refractivity contribution in [1.29, 1.82) is 0 Å². The van der Waals surface area contributed by atoms with Crippen LogP contribution in [0.25, 0.3) is 22.4 Å². The van der Waals surface area contributed by atoms with Crippen LogP contribution in [0.5, 0.6) is 0 Å². The van der Waals surface area contributed by atoms with Crippen LogP contribution in [-0.4, -0.2) is 34.1 Å². The van der Waals surface area contributed by atoms with Gasteiger partial charge < -0.3 is 9.47 Å². The zero-order chi connectivity index (χ0) is 16.9. The van der Waals surface area contributed by atoms with Crippen molar-refractivity contribution in [2.24, 2.45) is 0 Å². The molecule has 0 saturated heterocycles. The molecule has 0 atom stereocenters. The van der Waals surface area contributed by atoms with Gasteiger partial charge in [0.15, 0.2) is 0 Å². The molecular weight excluding hydrogens is 318 g/mol. The van der Waals surface area contributed by atoms with E-state index in [2.05, 4.69) is 41.5 Å². The summed E-state index contributed by atoms with van der Waals surface area (Å²) in [6, 6.07) is 16.3. The number of benzene rings is 2. The highest BCUT2D eigenvalue weighted by Crippen LogP contribution is 2.30. The van der Waals surface area contributed by atoms with Gasteiger partial charge in [0.2, 0.25) is 0 Å². The molecule has 24 heavy (non-hydrogen) atoms. The van der Waals surface area contributed by atoms with Gasteiger partial charge in [-0.3, -0.25) is 0 Å². The molecule has 3 aromatic rings. The topological polar surface area (TPSA) is 21.1 Å². The predicted octanol–water partition coefficient (Wildman–Crippen LogP) is 5.09. The van der Waals surface area contributed by atoms with Gasteiger partial charge in [-0.05, 0) is 50.3 Å². The first kappa shape index (κ1) is 17.0. The largest absolute Gasteiger partial charge is 0.324 e. The van der Waals surface area contributed by atoms with E-state index < -0.39 is 0 Å². The van der Waals surface area contributed by atoms with Crippen LogP contribution in [0.3, 0.4) is 0 Å². The highest BCUT2D eigenvalue weighted by Gasteiger charge is 2.14. The molecule has 0 spiro atoms. The molecule has 0 aliphatic carbocycles. The number of aromatic nitrogens is 2. The van der Waals surface area contributed by atoms with Crippen LogP contribution in [0.2, 0.25) is 5.02 Å². The molecule has 0 aliphatic heterocycles. The minimum Gasteiger partial charge on any atom is -0.324 e. The standard InChI is InChI=1S/C20H24ClN3/c1-3-23(4-2)14-9-15-24-19-13-8-7-12-18(19)22-20(24)16-10-5-6-11-17(16)21/h5-8,10-13H,3-4,9,14-15H2,1-2H3. The Kier molecular flexibility index (Phi) is 5.54. The van der Waals surface area contributed by atoms with Crippen molar-refractivity contribution in [2.75, 3.05) is 19.6 Å². The Hall–Kier alpha value is -1.84. The average Bonchev–Trinajstić information content (AvgIpc) is 2.98. The van der Waals surface area contributed by atoms with Gasteiger partial charge in [0.05, 0.1) is 16.1 Å². The molecule has 0 bridgehead atoms. The molecule has 0 radical (unpaired) electrons. The van der Waals surface area contributed by atoms with Crippen LogP contribution in [0, 0.1) is 0 Å². The number of imidazole rings is 1. The summed E-state index contributed by atoms with van der Waals surface area (Å²) in [4.78, 5) is 7.30. The van der Waals surface area contributed by atoms with Gasteiger partial charge in [-0.15, -0.1) is 0 Å². The highest BCUT2D eigenvalue weighted by molar-refractivity contribution is 6.33. The molecule has 3 rings (SSSR count). The molecule has 3 nitrogen and oxygen atoms in total. The van der Waals surface area contributed by atoms with E-state index >= 15 is 0 Å². The fourth-order valence-electron chi connectivity index (χ4n) is 3.14. The minimum absolute atomic E-state index is 0.748. The predicted molar refractivity (Wildman–Crippen MR) is 103 cm³/mol. The van der Waals surface area contributed by atoms with E-state index in [4.69, 9.17) is 16.6 Å². The third-order valence-corrected chi connectivity index (χ3v) is 4.85. The number of para-hydroxylation sites is 2. The van der Waals surface area contributed by atoms with E-state index in [-0.39, 0.29) is 0 Å². The van der Waals surface area contributed by atoms with E-state index in [1.807, 2.05) is 30.3 Å². The van der Waals surface area contributed by atoms with Crippen LogP contribution < -0.4 is 0 Å². The van der Waals surface area contributed by atoms with Crippen molar-refractivity contribution in [3.8, 4) is 11.4 Å². The molecule has 1 heterocycles. The van der Waals surface area contributed by atoms with E-state index in [1.165, 1.54) is 5.52 Å². The number of hydrogen-bond donors (Lipinski definition) is 0. The summed E-state index contributed by atoms with van der Waals surface area (Å²) in [5.74, 6) is 0.960. The van der Waals surface area contributed by atoms with Crippen LogP contribution in [0.1, 0.15) is 20.3 Å². The normalized spacial score (nSPS) is 11.5. The smallest absolute Gasteiger partial charge is 0.142 e. The van der Waals surface area contributed by atoms with E-state index in [0.29, 0.717) is 0 Å². The van der Waals surface area contributed by atoms with Crippen LogP contribution in [0.15, 0.2) is 48.5 Å². The lowest BCUT2D eigenvalue weighted by Crippen LogP contribution is -2.24. The van der Waals surface area contributed by atoms with Gasteiger partial charge in [0, 0.05) is 12.1 Å². The Labute approximate surface area is 148 Å². The van der Waals surface area contributed by atoms with E-state index in [0.717, 1.165) is 54.5 Å². The molecule has 0 amide bonds. The molecular formula is C20H24ClN3. The summed E-state index contributed by atoms with van der Waals surface area (Å²) in [6.45, 7) is 8.66. The molecule has 0 fully saturated rings. The first-order valence-corrected chi connectivity index (χ1v) is 9.05. The van der Waals surface area contributed by atoms with Crippen molar-refractivity contribution in [3.05, 3.63) is 53.6 Å². The Morgan fingerprint density at radius 3 is 2.46 bits per heavy atom. The van der Waals surface area contributed by atoms with Crippen molar-refractivity contribution < 1.29 is 0 Å². The molecule has 0 N–H and O–H groups in total. The third-order valence-electron chi connectivity index (χ3n) is 4.52. The minimum atomic E-state index is 0.748. The molecule has 1 aromatic heterocycles. The lowest BCUT2D eigenvalue weighted by atomic mass is 10.2. The van der Waals surface area contributed by atoms with Gasteiger partial charge in [-0.2, -0.15) is 0 Å². The molecule has 2 aromatic carbocycles. The van der Waals surface area contributed by atoms with Crippen LogP contribution >= 0.6 is 11.6 Å². The number of hydrogen-bond acceptors (Lipinski definition) is 2. The van der Waals surface area contributed by atoms with Crippen molar-refractivity contribution in [1.82, 2.24) is 14.5 Å². The maximum absolute atomic E-state index is 6.43. The third kappa shape index (κ3) is 3.47. The highest BCUT2D eigenvalue weighted by atomic mass is 35.5. The second-order valence-corrected chi connectivity index (χ2v) is 6.34. The Bertz CT molecular complexity index is 806. The summed E-state index contributed by atoms with van der Waals surface area (Å²) >= 11 is 6.43. The van der Waals surface area contributed by atoms with Gasteiger partial charge in [-0.1, -0.05) is 49.7 Å². The first-order valence-electron chi connectivity index (χ1n) is 8.67. The lowest BCUT2D eigenvalue weighted by molar-refractivity contribution is 0.294. The summed E-state index contributed by atoms with van der Waals surface area (Å²) in [5.41, 5.74) is 3.19. The quantitative estimate of drug-likeness (QED) is 0.597. The Balaban J connectivity index is 1.95. The van der Waals surface area contributed by atoms with Gasteiger partial charge in [-0.25, -0.2) is 4.98 Å². The number of halogens is 1. The van der Waals surface area contributed by atoms with Gasteiger partial charge in [0.25, 0.3) is 0 Å². The molecule has 4 heteroatoms. The number of fused-ring (bicyclic) bond motifs is 1. The fraction of sp³-hybridized carbons (Fsp3) is 0.350. The number of nitrogens with zero attached hydrogens (tertiary/aromatic N) is 3. The zero-order valence-corrected chi connectivity index (χ0v) is 15.1. The maximum atomic E-state index is 6.43. The summed E-state index contributed by atoms with van der Waals surface area (Å²) in [6.07, 6.45) is 1.10. The summed E-state index contributed by atoms with van der Waals surface area (Å²) in [5, 5.41) is 0.748. The average molecular weight is 342 g/mol. The van der Waals surface area contributed by atoms with Gasteiger partial charge >= 0.3 is 0 Å². The van der Waals surface area contributed by atoms with Gasteiger partial charge in [0.1, 0.15) is 5.82 Å². The van der Waals surface area contributed by atoms with Crippen molar-refractivity contribution in [2.45, 2.75) is 26.8 Å². The Morgan fingerprint density at radius 2 is 1.71 bits per heavy atom. The molecule has 126 valence electrons. The molecule has 0 aliphatic rings. The first-order chi connectivity index (χ1) is 11.7. The van der Waals surface area contributed by atoms with Crippen molar-refractivity contribution in [3.63, 3.8) is 0 Å². The zero-order valence-electron chi connectivity index (χ0n) is 14.4. The second-order valence-electron chi connectivity index (χ2n) is 5.94. The summed E-state index contributed by atoms with van der Waals surface area (Å²) in [7, 11) is 0. The Morgan fingerprint density at radius 1 is 1.00 bits per heavy atom. The SMILES string of the molecule is CCN(CC)CCCn1c(-c2ccccc2Cl)nc2ccccc21. The number of aryl methyl sites for hydroxylation is 1. The van der Waals surface area contributed by atoms with Crippen LogP contribution in [-0.2, 0) is 6.54 Å². The van der Waals surface area contributed by atoms with Crippen LogP contribution in [0.4, 0.5) is 0 Å². The lowest BCUT2D eigenvalue weighted by Gasteiger charge is -2.18. The second kappa shape index (κ2) is 7.82. The maximum Gasteiger partial charge on any atom is 0.142 e. The monoisotopic (exact) mass is 341 g/mol. The van der Waals surface area contributed by atoms with E-state index in [9.17, 15) is 0 Å².